The van der Waals surface area contributed by atoms with Crippen LogP contribution in [0.4, 0.5) is 0 Å². The van der Waals surface area contributed by atoms with Gasteiger partial charge in [-0.1, -0.05) is 25.0 Å². The van der Waals surface area contributed by atoms with Crippen molar-refractivity contribution >= 4 is 0 Å². The van der Waals surface area contributed by atoms with Gasteiger partial charge in [0, 0.05) is 11.6 Å². The van der Waals surface area contributed by atoms with E-state index in [0.29, 0.717) is 12.1 Å². The third-order valence-electron chi connectivity index (χ3n) is 4.16. The fraction of sp³-hybridized carbons (Fsp3) is 0.647. The molecule has 0 radical (unpaired) electrons. The summed E-state index contributed by atoms with van der Waals surface area (Å²) >= 11 is 0. The zero-order chi connectivity index (χ0) is 13.7. The van der Waals surface area contributed by atoms with Crippen LogP contribution in [-0.4, -0.2) is 13.2 Å². The molecule has 2 nitrogen and oxygen atoms in total. The molecular formula is C17H27NO. The largest absolute Gasteiger partial charge is 0.490 e. The Morgan fingerprint density at radius 3 is 2.47 bits per heavy atom. The predicted octanol–water partition coefficient (Wildman–Crippen LogP) is 4.38. The van der Waals surface area contributed by atoms with Crippen LogP contribution < -0.4 is 10.1 Å². The maximum Gasteiger partial charge on any atom is 0.124 e. The van der Waals surface area contributed by atoms with Gasteiger partial charge in [-0.15, -0.1) is 0 Å². The van der Waals surface area contributed by atoms with E-state index in [1.54, 1.807) is 0 Å². The third kappa shape index (κ3) is 3.97. The van der Waals surface area contributed by atoms with Crippen molar-refractivity contribution in [1.29, 1.82) is 0 Å². The lowest BCUT2D eigenvalue weighted by Gasteiger charge is -2.22. The van der Waals surface area contributed by atoms with E-state index in [1.165, 1.54) is 49.7 Å². The third-order valence-corrected chi connectivity index (χ3v) is 4.16. The Bertz CT molecular complexity index is 394. The zero-order valence-electron chi connectivity index (χ0n) is 12.5. The standard InChI is InChI=1S/C17H27NO/c1-13-10-11-16(14(2)18-3)17(12-13)19-15-8-6-4-5-7-9-15/h10-12,14-15,18H,4-9H2,1-3H3. The van der Waals surface area contributed by atoms with E-state index in [-0.39, 0.29) is 0 Å². The molecule has 1 aliphatic carbocycles. The van der Waals surface area contributed by atoms with E-state index >= 15 is 0 Å². The first-order valence-electron chi connectivity index (χ1n) is 7.65. The highest BCUT2D eigenvalue weighted by Crippen LogP contribution is 2.30. The van der Waals surface area contributed by atoms with Crippen molar-refractivity contribution in [1.82, 2.24) is 5.32 Å². The minimum atomic E-state index is 0.335. The lowest BCUT2D eigenvalue weighted by molar-refractivity contribution is 0.181. The van der Waals surface area contributed by atoms with Crippen molar-refractivity contribution in [3.63, 3.8) is 0 Å². The summed E-state index contributed by atoms with van der Waals surface area (Å²) in [5, 5.41) is 3.31. The van der Waals surface area contributed by atoms with E-state index in [0.717, 1.165) is 5.75 Å². The number of aryl methyl sites for hydroxylation is 1. The number of hydrogen-bond donors (Lipinski definition) is 1. The number of ether oxygens (including phenoxy) is 1. The van der Waals surface area contributed by atoms with Gasteiger partial charge in [0.05, 0.1) is 6.10 Å². The van der Waals surface area contributed by atoms with Gasteiger partial charge in [-0.3, -0.25) is 0 Å². The summed E-state index contributed by atoms with van der Waals surface area (Å²) in [5.41, 5.74) is 2.55. The molecule has 0 aliphatic heterocycles. The zero-order valence-corrected chi connectivity index (χ0v) is 12.5. The maximum absolute atomic E-state index is 6.33. The van der Waals surface area contributed by atoms with E-state index in [2.05, 4.69) is 37.4 Å². The van der Waals surface area contributed by atoms with Crippen LogP contribution in [0.3, 0.4) is 0 Å². The average molecular weight is 261 g/mol. The molecule has 1 saturated carbocycles. The lowest BCUT2D eigenvalue weighted by atomic mass is 10.0. The molecule has 1 aromatic rings. The highest BCUT2D eigenvalue weighted by molar-refractivity contribution is 5.39. The highest BCUT2D eigenvalue weighted by Gasteiger charge is 2.17. The van der Waals surface area contributed by atoms with Gasteiger partial charge in [-0.2, -0.15) is 0 Å². The lowest BCUT2D eigenvalue weighted by Crippen LogP contribution is -2.19. The monoisotopic (exact) mass is 261 g/mol. The minimum absolute atomic E-state index is 0.335. The van der Waals surface area contributed by atoms with Crippen LogP contribution in [0.2, 0.25) is 0 Å². The molecule has 1 fully saturated rings. The van der Waals surface area contributed by atoms with Crippen molar-refractivity contribution in [2.24, 2.45) is 0 Å². The second-order valence-electron chi connectivity index (χ2n) is 5.78. The summed E-state index contributed by atoms with van der Waals surface area (Å²) in [5.74, 6) is 1.08. The molecule has 0 saturated heterocycles. The molecule has 2 rings (SSSR count). The second-order valence-corrected chi connectivity index (χ2v) is 5.78. The van der Waals surface area contributed by atoms with E-state index in [9.17, 15) is 0 Å². The van der Waals surface area contributed by atoms with Crippen molar-refractivity contribution in [2.45, 2.75) is 64.5 Å². The number of benzene rings is 1. The van der Waals surface area contributed by atoms with Crippen LogP contribution in [0.15, 0.2) is 18.2 Å². The minimum Gasteiger partial charge on any atom is -0.490 e. The Morgan fingerprint density at radius 2 is 1.84 bits per heavy atom. The first kappa shape index (κ1) is 14.4. The van der Waals surface area contributed by atoms with Gasteiger partial charge < -0.3 is 10.1 Å². The Kier molecular flexibility index (Phi) is 5.26. The molecule has 2 heteroatoms. The van der Waals surface area contributed by atoms with Gasteiger partial charge in [0.15, 0.2) is 0 Å². The summed E-state index contributed by atoms with van der Waals surface area (Å²) in [6.07, 6.45) is 8.19. The molecular weight excluding hydrogens is 234 g/mol. The Hall–Kier alpha value is -1.02. The van der Waals surface area contributed by atoms with E-state index in [4.69, 9.17) is 4.74 Å². The van der Waals surface area contributed by atoms with Crippen LogP contribution in [0, 0.1) is 6.92 Å². The Labute approximate surface area is 117 Å². The second kappa shape index (κ2) is 6.95. The summed E-state index contributed by atoms with van der Waals surface area (Å²) < 4.78 is 6.33. The first-order chi connectivity index (χ1) is 9.20. The quantitative estimate of drug-likeness (QED) is 0.812. The summed E-state index contributed by atoms with van der Waals surface area (Å²) in [7, 11) is 2.00. The fourth-order valence-electron chi connectivity index (χ4n) is 2.80. The molecule has 1 N–H and O–H groups in total. The van der Waals surface area contributed by atoms with Crippen molar-refractivity contribution < 1.29 is 4.74 Å². The van der Waals surface area contributed by atoms with Gasteiger partial charge >= 0.3 is 0 Å². The number of hydrogen-bond acceptors (Lipinski definition) is 2. The smallest absolute Gasteiger partial charge is 0.124 e. The molecule has 1 aromatic carbocycles. The Balaban J connectivity index is 2.14. The van der Waals surface area contributed by atoms with Crippen LogP contribution in [0.5, 0.6) is 5.75 Å². The molecule has 19 heavy (non-hydrogen) atoms. The molecule has 106 valence electrons. The highest BCUT2D eigenvalue weighted by atomic mass is 16.5. The molecule has 1 unspecified atom stereocenters. The van der Waals surface area contributed by atoms with Crippen molar-refractivity contribution in [2.75, 3.05) is 7.05 Å². The van der Waals surface area contributed by atoms with Crippen LogP contribution >= 0.6 is 0 Å². The average Bonchev–Trinajstić information content (AvgIpc) is 2.67. The van der Waals surface area contributed by atoms with Gasteiger partial charge in [-0.25, -0.2) is 0 Å². The van der Waals surface area contributed by atoms with Gasteiger partial charge in [0.25, 0.3) is 0 Å². The van der Waals surface area contributed by atoms with Crippen molar-refractivity contribution in [3.05, 3.63) is 29.3 Å². The van der Waals surface area contributed by atoms with Gasteiger partial charge in [-0.05, 0) is 58.2 Å². The van der Waals surface area contributed by atoms with Crippen LogP contribution in [-0.2, 0) is 0 Å². The topological polar surface area (TPSA) is 21.3 Å². The molecule has 1 atom stereocenters. The Morgan fingerprint density at radius 1 is 1.16 bits per heavy atom. The fourth-order valence-corrected chi connectivity index (χ4v) is 2.80. The molecule has 0 aromatic heterocycles. The summed E-state index contributed by atoms with van der Waals surface area (Å²) in [6, 6.07) is 6.89. The molecule has 0 spiro atoms. The SMILES string of the molecule is CNC(C)c1ccc(C)cc1OC1CCCCCC1. The van der Waals surface area contributed by atoms with Crippen LogP contribution in [0.25, 0.3) is 0 Å². The van der Waals surface area contributed by atoms with Gasteiger partial charge in [0.1, 0.15) is 5.75 Å². The van der Waals surface area contributed by atoms with E-state index < -0.39 is 0 Å². The maximum atomic E-state index is 6.33. The van der Waals surface area contributed by atoms with Crippen molar-refractivity contribution in [3.8, 4) is 5.75 Å². The van der Waals surface area contributed by atoms with Gasteiger partial charge in [0.2, 0.25) is 0 Å². The van der Waals surface area contributed by atoms with Crippen LogP contribution in [0.1, 0.15) is 62.6 Å². The molecule has 1 aliphatic rings. The number of rotatable bonds is 4. The normalized spacial score (nSPS) is 18.9. The summed E-state index contributed by atoms with van der Waals surface area (Å²) in [4.78, 5) is 0. The summed E-state index contributed by atoms with van der Waals surface area (Å²) in [6.45, 7) is 4.32. The van der Waals surface area contributed by atoms with E-state index in [1.807, 2.05) is 7.05 Å². The number of nitrogens with one attached hydrogen (secondary N) is 1. The molecule has 0 bridgehead atoms. The molecule has 0 heterocycles. The first-order valence-corrected chi connectivity index (χ1v) is 7.65. The predicted molar refractivity (Wildman–Crippen MR) is 80.8 cm³/mol. The molecule has 0 amide bonds.